The van der Waals surface area contributed by atoms with Crippen LogP contribution in [-0.2, 0) is 0 Å². The van der Waals surface area contributed by atoms with Crippen LogP contribution < -0.4 is 10.1 Å². The van der Waals surface area contributed by atoms with Gasteiger partial charge in [-0.3, -0.25) is 0 Å². The molecule has 1 aromatic carbocycles. The second-order valence-electron chi connectivity index (χ2n) is 5.68. The van der Waals surface area contributed by atoms with Crippen molar-refractivity contribution < 1.29 is 4.74 Å². The summed E-state index contributed by atoms with van der Waals surface area (Å²) in [6.45, 7) is 6.84. The SMILES string of the molecule is CNC(CCC(C)(C)C)c1ccccc1OC. The third-order valence-electron chi connectivity index (χ3n) is 3.05. The molecule has 2 heteroatoms. The molecule has 0 aliphatic carbocycles. The summed E-state index contributed by atoms with van der Waals surface area (Å²) in [5.74, 6) is 0.973. The van der Waals surface area contributed by atoms with E-state index in [9.17, 15) is 0 Å². The maximum absolute atomic E-state index is 5.42. The average molecular weight is 235 g/mol. The van der Waals surface area contributed by atoms with Gasteiger partial charge in [-0.2, -0.15) is 0 Å². The van der Waals surface area contributed by atoms with Gasteiger partial charge in [0.2, 0.25) is 0 Å². The van der Waals surface area contributed by atoms with Crippen molar-refractivity contribution >= 4 is 0 Å². The first-order chi connectivity index (χ1) is 7.98. The van der Waals surface area contributed by atoms with Gasteiger partial charge in [-0.1, -0.05) is 39.0 Å². The van der Waals surface area contributed by atoms with Crippen molar-refractivity contribution in [2.45, 2.75) is 39.7 Å². The van der Waals surface area contributed by atoms with Crippen LogP contribution in [0.25, 0.3) is 0 Å². The van der Waals surface area contributed by atoms with E-state index >= 15 is 0 Å². The Balaban J connectivity index is 2.79. The number of ether oxygens (including phenoxy) is 1. The van der Waals surface area contributed by atoms with Crippen molar-refractivity contribution in [1.82, 2.24) is 5.32 Å². The second kappa shape index (κ2) is 6.06. The Morgan fingerprint density at radius 1 is 1.24 bits per heavy atom. The lowest BCUT2D eigenvalue weighted by Gasteiger charge is -2.24. The number of hydrogen-bond acceptors (Lipinski definition) is 2. The molecule has 1 unspecified atom stereocenters. The molecule has 0 bridgehead atoms. The minimum atomic E-state index is 0.366. The van der Waals surface area contributed by atoms with Gasteiger partial charge in [0.05, 0.1) is 7.11 Å². The molecule has 0 heterocycles. The van der Waals surface area contributed by atoms with Crippen molar-refractivity contribution in [2.75, 3.05) is 14.2 Å². The Bertz CT molecular complexity index is 341. The summed E-state index contributed by atoms with van der Waals surface area (Å²) < 4.78 is 5.42. The second-order valence-corrected chi connectivity index (χ2v) is 5.68. The van der Waals surface area contributed by atoms with E-state index in [-0.39, 0.29) is 0 Å². The molecule has 0 saturated heterocycles. The monoisotopic (exact) mass is 235 g/mol. The molecule has 0 saturated carbocycles. The van der Waals surface area contributed by atoms with Crippen LogP contribution in [0.1, 0.15) is 45.2 Å². The molecule has 17 heavy (non-hydrogen) atoms. The summed E-state index contributed by atoms with van der Waals surface area (Å²) in [6.07, 6.45) is 2.32. The molecule has 0 aliphatic rings. The van der Waals surface area contributed by atoms with Crippen molar-refractivity contribution in [3.8, 4) is 5.75 Å². The number of hydrogen-bond donors (Lipinski definition) is 1. The van der Waals surface area contributed by atoms with Crippen molar-refractivity contribution in [3.63, 3.8) is 0 Å². The van der Waals surface area contributed by atoms with Crippen LogP contribution in [0.15, 0.2) is 24.3 Å². The smallest absolute Gasteiger partial charge is 0.123 e. The highest BCUT2D eigenvalue weighted by Crippen LogP contribution is 2.31. The maximum Gasteiger partial charge on any atom is 0.123 e. The summed E-state index contributed by atoms with van der Waals surface area (Å²) >= 11 is 0. The van der Waals surface area contributed by atoms with E-state index in [4.69, 9.17) is 4.74 Å². The highest BCUT2D eigenvalue weighted by molar-refractivity contribution is 5.35. The van der Waals surface area contributed by atoms with Crippen LogP contribution in [0.3, 0.4) is 0 Å². The molecule has 0 spiro atoms. The fourth-order valence-corrected chi connectivity index (χ4v) is 1.99. The van der Waals surface area contributed by atoms with Gasteiger partial charge < -0.3 is 10.1 Å². The van der Waals surface area contributed by atoms with Gasteiger partial charge in [-0.25, -0.2) is 0 Å². The van der Waals surface area contributed by atoms with E-state index in [2.05, 4.69) is 38.2 Å². The molecule has 96 valence electrons. The van der Waals surface area contributed by atoms with Crippen LogP contribution in [0.2, 0.25) is 0 Å². The van der Waals surface area contributed by atoms with E-state index in [0.717, 1.165) is 12.2 Å². The quantitative estimate of drug-likeness (QED) is 0.838. The molecule has 0 radical (unpaired) electrons. The predicted molar refractivity (Wildman–Crippen MR) is 73.5 cm³/mol. The van der Waals surface area contributed by atoms with Gasteiger partial charge in [0.15, 0.2) is 0 Å². The van der Waals surface area contributed by atoms with Gasteiger partial charge in [0.1, 0.15) is 5.75 Å². The third kappa shape index (κ3) is 4.39. The molecule has 1 aromatic rings. The number of para-hydroxylation sites is 1. The molecular formula is C15H25NO. The standard InChI is InChI=1S/C15H25NO/c1-15(2,3)11-10-13(16-4)12-8-6-7-9-14(12)17-5/h6-9,13,16H,10-11H2,1-5H3. The minimum Gasteiger partial charge on any atom is -0.496 e. The van der Waals surface area contributed by atoms with Gasteiger partial charge in [-0.05, 0) is 31.4 Å². The van der Waals surface area contributed by atoms with E-state index in [1.54, 1.807) is 7.11 Å². The average Bonchev–Trinajstić information content (AvgIpc) is 2.29. The molecule has 2 nitrogen and oxygen atoms in total. The van der Waals surface area contributed by atoms with E-state index in [1.807, 2.05) is 19.2 Å². The fraction of sp³-hybridized carbons (Fsp3) is 0.600. The van der Waals surface area contributed by atoms with E-state index in [1.165, 1.54) is 12.0 Å². The number of rotatable bonds is 5. The van der Waals surface area contributed by atoms with Crippen LogP contribution in [0.5, 0.6) is 5.75 Å². The molecule has 0 aliphatic heterocycles. The summed E-state index contributed by atoms with van der Waals surface area (Å²) in [6, 6.07) is 8.61. The Morgan fingerprint density at radius 3 is 2.41 bits per heavy atom. The zero-order chi connectivity index (χ0) is 12.9. The first-order valence-corrected chi connectivity index (χ1v) is 6.28. The van der Waals surface area contributed by atoms with Gasteiger partial charge >= 0.3 is 0 Å². The van der Waals surface area contributed by atoms with E-state index < -0.39 is 0 Å². The summed E-state index contributed by atoms with van der Waals surface area (Å²) in [7, 11) is 3.75. The Morgan fingerprint density at radius 2 is 1.88 bits per heavy atom. The van der Waals surface area contributed by atoms with Gasteiger partial charge in [0, 0.05) is 11.6 Å². The molecule has 1 N–H and O–H groups in total. The molecule has 1 rings (SSSR count). The lowest BCUT2D eigenvalue weighted by molar-refractivity contribution is 0.332. The topological polar surface area (TPSA) is 21.3 Å². The zero-order valence-corrected chi connectivity index (χ0v) is 11.7. The lowest BCUT2D eigenvalue weighted by Crippen LogP contribution is -2.19. The first-order valence-electron chi connectivity index (χ1n) is 6.28. The summed E-state index contributed by atoms with van der Waals surface area (Å²) in [5.41, 5.74) is 1.62. The van der Waals surface area contributed by atoms with E-state index in [0.29, 0.717) is 11.5 Å². The molecule has 0 amide bonds. The minimum absolute atomic E-state index is 0.366. The van der Waals surface area contributed by atoms with Gasteiger partial charge in [-0.15, -0.1) is 0 Å². The highest BCUT2D eigenvalue weighted by Gasteiger charge is 2.17. The van der Waals surface area contributed by atoms with Crippen molar-refractivity contribution in [3.05, 3.63) is 29.8 Å². The Kier molecular flexibility index (Phi) is 5.01. The largest absolute Gasteiger partial charge is 0.496 e. The lowest BCUT2D eigenvalue weighted by atomic mass is 9.87. The molecule has 0 fully saturated rings. The van der Waals surface area contributed by atoms with Crippen LogP contribution in [-0.4, -0.2) is 14.2 Å². The van der Waals surface area contributed by atoms with Crippen molar-refractivity contribution in [2.24, 2.45) is 5.41 Å². The Hall–Kier alpha value is -1.02. The molecule has 1 atom stereocenters. The normalized spacial score (nSPS) is 13.5. The molecule has 0 aromatic heterocycles. The van der Waals surface area contributed by atoms with Crippen LogP contribution in [0.4, 0.5) is 0 Å². The van der Waals surface area contributed by atoms with Crippen molar-refractivity contribution in [1.29, 1.82) is 0 Å². The fourth-order valence-electron chi connectivity index (χ4n) is 1.99. The summed E-state index contributed by atoms with van der Waals surface area (Å²) in [4.78, 5) is 0. The zero-order valence-electron chi connectivity index (χ0n) is 11.7. The molecular weight excluding hydrogens is 210 g/mol. The number of methoxy groups -OCH3 is 1. The van der Waals surface area contributed by atoms with Gasteiger partial charge in [0.25, 0.3) is 0 Å². The maximum atomic E-state index is 5.42. The number of benzene rings is 1. The third-order valence-corrected chi connectivity index (χ3v) is 3.05. The first kappa shape index (κ1) is 14.0. The summed E-state index contributed by atoms with van der Waals surface area (Å²) in [5, 5.41) is 3.39. The Labute approximate surface area is 105 Å². The number of nitrogens with one attached hydrogen (secondary N) is 1. The predicted octanol–water partition coefficient (Wildman–Crippen LogP) is 3.78. The van der Waals surface area contributed by atoms with Crippen LogP contribution in [0, 0.1) is 5.41 Å². The highest BCUT2D eigenvalue weighted by atomic mass is 16.5. The van der Waals surface area contributed by atoms with Crippen LogP contribution >= 0.6 is 0 Å².